The van der Waals surface area contributed by atoms with Crippen molar-refractivity contribution in [2.45, 2.75) is 0 Å². The molecule has 0 fully saturated rings. The van der Waals surface area contributed by atoms with E-state index in [0.717, 1.165) is 11.0 Å². The summed E-state index contributed by atoms with van der Waals surface area (Å²) in [5, 5.41) is 8.00. The molecule has 0 aliphatic heterocycles. The summed E-state index contributed by atoms with van der Waals surface area (Å²) < 4.78 is 1.87. The van der Waals surface area contributed by atoms with Crippen molar-refractivity contribution in [1.29, 1.82) is 0 Å². The van der Waals surface area contributed by atoms with Crippen molar-refractivity contribution in [3.05, 3.63) is 24.3 Å². The zero-order valence-corrected chi connectivity index (χ0v) is 12.1. The highest BCUT2D eigenvalue weighted by atomic mass is 19.0. The van der Waals surface area contributed by atoms with Crippen molar-refractivity contribution < 1.29 is 28.2 Å². The molecule has 6 nitrogen and oxygen atoms in total. The third-order valence-electron chi connectivity index (χ3n) is 2.25. The van der Waals surface area contributed by atoms with Crippen molar-refractivity contribution in [2.75, 3.05) is 28.2 Å². The minimum Gasteiger partial charge on any atom is -0.278 e. The zero-order chi connectivity index (χ0) is 12.4. The van der Waals surface area contributed by atoms with E-state index in [0.29, 0.717) is 6.02 Å². The SMILES string of the molecule is CN(C)C(On1nnc2ccccc21)=[N+](C)C.F.F.F.F. The first kappa shape index (κ1) is 23.7. The van der Waals surface area contributed by atoms with Gasteiger partial charge in [-0.1, -0.05) is 17.0 Å². The molecule has 0 aliphatic rings. The fourth-order valence-electron chi connectivity index (χ4n) is 1.56. The lowest BCUT2D eigenvalue weighted by molar-refractivity contribution is -0.480. The predicted octanol–water partition coefficient (Wildman–Crippen LogP) is 0.660. The number of benzene rings is 1. The lowest BCUT2D eigenvalue weighted by Gasteiger charge is -2.10. The number of para-hydroxylation sites is 1. The maximum absolute atomic E-state index is 5.70. The van der Waals surface area contributed by atoms with Gasteiger partial charge in [0.15, 0.2) is 0 Å². The maximum atomic E-state index is 5.70. The summed E-state index contributed by atoms with van der Waals surface area (Å²) in [6, 6.07) is 8.34. The van der Waals surface area contributed by atoms with E-state index in [9.17, 15) is 0 Å². The second-order valence-electron chi connectivity index (χ2n) is 4.11. The molecule has 0 spiro atoms. The van der Waals surface area contributed by atoms with Gasteiger partial charge >= 0.3 is 6.02 Å². The molecule has 0 bridgehead atoms. The first-order valence-corrected chi connectivity index (χ1v) is 5.30. The highest BCUT2D eigenvalue weighted by molar-refractivity contribution is 5.75. The van der Waals surface area contributed by atoms with E-state index < -0.39 is 0 Å². The van der Waals surface area contributed by atoms with Crippen LogP contribution >= 0.6 is 0 Å². The van der Waals surface area contributed by atoms with Gasteiger partial charge in [-0.25, -0.2) is 9.48 Å². The molecule has 0 saturated carbocycles. The second kappa shape index (κ2) is 9.50. The van der Waals surface area contributed by atoms with E-state index in [4.69, 9.17) is 4.84 Å². The Labute approximate surface area is 119 Å². The van der Waals surface area contributed by atoms with Gasteiger partial charge in [0.1, 0.15) is 11.0 Å². The van der Waals surface area contributed by atoms with Crippen LogP contribution in [0.3, 0.4) is 0 Å². The minimum atomic E-state index is 0. The summed E-state index contributed by atoms with van der Waals surface area (Å²) in [6.07, 6.45) is 0. The highest BCUT2D eigenvalue weighted by Crippen LogP contribution is 2.08. The molecule has 0 unspecified atom stereocenters. The normalized spacial score (nSPS) is 8.38. The van der Waals surface area contributed by atoms with E-state index in [1.807, 2.05) is 61.9 Å². The molecule has 0 atom stereocenters. The van der Waals surface area contributed by atoms with Crippen LogP contribution in [0.2, 0.25) is 0 Å². The van der Waals surface area contributed by atoms with Gasteiger partial charge in [-0.15, -0.1) is 5.10 Å². The van der Waals surface area contributed by atoms with Gasteiger partial charge in [0, 0.05) is 0 Å². The molecule has 10 heteroatoms. The van der Waals surface area contributed by atoms with Gasteiger partial charge in [-0.2, -0.15) is 0 Å². The van der Waals surface area contributed by atoms with Crippen molar-refractivity contribution in [1.82, 2.24) is 20.1 Å². The number of hydrogen-bond acceptors (Lipinski definition) is 3. The Balaban J connectivity index is -0.000000810. The van der Waals surface area contributed by atoms with E-state index in [1.165, 1.54) is 4.85 Å². The average Bonchev–Trinajstić information content (AvgIpc) is 2.68. The summed E-state index contributed by atoms with van der Waals surface area (Å²) in [7, 11) is 7.64. The Morgan fingerprint density at radius 2 is 1.67 bits per heavy atom. The van der Waals surface area contributed by atoms with E-state index in [-0.39, 0.29) is 18.8 Å². The number of aromatic nitrogens is 3. The topological polar surface area (TPSA) is 46.2 Å². The summed E-state index contributed by atoms with van der Waals surface area (Å²) in [6.45, 7) is 0. The molecule has 1 heterocycles. The van der Waals surface area contributed by atoms with Crippen LogP contribution in [-0.2, 0) is 0 Å². The van der Waals surface area contributed by atoms with Gasteiger partial charge in [0.05, 0.1) is 28.2 Å². The van der Waals surface area contributed by atoms with Crippen molar-refractivity contribution in [3.63, 3.8) is 0 Å². The Morgan fingerprint density at radius 3 is 2.19 bits per heavy atom. The Hall–Kier alpha value is -2.39. The lowest BCUT2D eigenvalue weighted by atomic mass is 10.3. The fraction of sp³-hybridized carbons (Fsp3) is 0.364. The number of fused-ring (bicyclic) bond motifs is 1. The first-order chi connectivity index (χ1) is 8.09. The third-order valence-corrected chi connectivity index (χ3v) is 2.25. The molecule has 0 aliphatic carbocycles. The molecule has 122 valence electrons. The van der Waals surface area contributed by atoms with E-state index in [1.54, 1.807) is 0 Å². The second-order valence-corrected chi connectivity index (χ2v) is 4.11. The van der Waals surface area contributed by atoms with Gasteiger partial charge in [-0.3, -0.25) is 23.7 Å². The molecule has 0 saturated heterocycles. The van der Waals surface area contributed by atoms with Crippen molar-refractivity contribution in [2.24, 2.45) is 0 Å². The monoisotopic (exact) mass is 314 g/mol. The summed E-state index contributed by atoms with van der Waals surface area (Å²) in [5.41, 5.74) is 1.65. The Morgan fingerprint density at radius 1 is 1.10 bits per heavy atom. The molecule has 0 amide bonds. The third kappa shape index (κ3) is 4.89. The van der Waals surface area contributed by atoms with Crippen LogP contribution in [0.5, 0.6) is 0 Å². The number of nitrogens with zero attached hydrogens (tertiary/aromatic N) is 5. The fourth-order valence-corrected chi connectivity index (χ4v) is 1.56. The molecule has 0 N–H and O–H groups in total. The van der Waals surface area contributed by atoms with E-state index >= 15 is 0 Å². The van der Waals surface area contributed by atoms with Crippen molar-refractivity contribution in [3.8, 4) is 0 Å². The van der Waals surface area contributed by atoms with Crippen molar-refractivity contribution >= 4 is 17.1 Å². The molecular weight excluding hydrogens is 294 g/mol. The highest BCUT2D eigenvalue weighted by Gasteiger charge is 2.17. The van der Waals surface area contributed by atoms with Crippen LogP contribution in [0.1, 0.15) is 0 Å². The standard InChI is InChI=1S/C11H16N5O.4FH/c1-14(2)11(15(3)4)17-16-10-8-6-5-7-9(10)12-13-16;;;;/h5-8H,1-4H3;4*1H/q+1;;;;. The average molecular weight is 314 g/mol. The maximum Gasteiger partial charge on any atom is 0.471 e. The Kier molecular flexibility index (Phi) is 10.7. The summed E-state index contributed by atoms with van der Waals surface area (Å²) >= 11 is 0. The number of hydrogen-bond donors (Lipinski definition) is 0. The smallest absolute Gasteiger partial charge is 0.278 e. The molecule has 1 aromatic carbocycles. The number of rotatable bonds is 1. The molecule has 1 aromatic heterocycles. The molecule has 2 rings (SSSR count). The molecular formula is C11H20F4N5O+. The summed E-state index contributed by atoms with van der Waals surface area (Å²) in [5.74, 6) is 0. The van der Waals surface area contributed by atoms with Crippen LogP contribution in [-0.4, -0.2) is 58.8 Å². The van der Waals surface area contributed by atoms with E-state index in [2.05, 4.69) is 10.3 Å². The predicted molar refractivity (Wildman–Crippen MR) is 74.9 cm³/mol. The quantitative estimate of drug-likeness (QED) is 0.336. The zero-order valence-electron chi connectivity index (χ0n) is 12.1. The number of amidine groups is 1. The largest absolute Gasteiger partial charge is 0.471 e. The number of halogens is 4. The summed E-state index contributed by atoms with van der Waals surface area (Å²) in [4.78, 5) is 8.99. The van der Waals surface area contributed by atoms with Crippen LogP contribution in [0.4, 0.5) is 18.8 Å². The van der Waals surface area contributed by atoms with Gasteiger partial charge < -0.3 is 0 Å². The van der Waals surface area contributed by atoms with Crippen LogP contribution in [0, 0.1) is 0 Å². The Bertz CT molecular complexity index is 568. The lowest BCUT2D eigenvalue weighted by Crippen LogP contribution is -2.39. The van der Waals surface area contributed by atoms with Gasteiger partial charge in [0.2, 0.25) is 0 Å². The van der Waals surface area contributed by atoms with Crippen LogP contribution in [0.15, 0.2) is 24.3 Å². The van der Waals surface area contributed by atoms with Gasteiger partial charge in [-0.05, 0) is 17.3 Å². The van der Waals surface area contributed by atoms with Crippen LogP contribution in [0.25, 0.3) is 11.0 Å². The minimum absolute atomic E-state index is 0. The first-order valence-electron chi connectivity index (χ1n) is 5.30. The molecule has 0 radical (unpaired) electrons. The molecule has 2 aromatic rings. The van der Waals surface area contributed by atoms with Gasteiger partial charge in [0.25, 0.3) is 0 Å². The van der Waals surface area contributed by atoms with Crippen LogP contribution < -0.4 is 4.84 Å². The molecule has 21 heavy (non-hydrogen) atoms.